The molecule has 1 heterocycles. The fourth-order valence-electron chi connectivity index (χ4n) is 3.09. The molecule has 0 bridgehead atoms. The lowest BCUT2D eigenvalue weighted by Gasteiger charge is -2.45. The Morgan fingerprint density at radius 3 is 2.53 bits per heavy atom. The third-order valence-corrected chi connectivity index (χ3v) is 4.36. The summed E-state index contributed by atoms with van der Waals surface area (Å²) in [5.74, 6) is 1.65. The van der Waals surface area contributed by atoms with Gasteiger partial charge in [0, 0.05) is 38.3 Å². The molecule has 0 radical (unpaired) electrons. The Hall–Kier alpha value is -0.120. The molecule has 0 aromatic carbocycles. The average Bonchev–Trinajstić information content (AvgIpc) is 3.12. The molecular formula is C14H28N2O. The first kappa shape index (κ1) is 13.3. The molecule has 0 spiro atoms. The molecule has 3 unspecified atom stereocenters. The number of ether oxygens (including phenoxy) is 1. The summed E-state index contributed by atoms with van der Waals surface area (Å²) < 4.78 is 5.33. The largest absolute Gasteiger partial charge is 0.383 e. The molecule has 0 aromatic rings. The Kier molecular flexibility index (Phi) is 4.45. The maximum absolute atomic E-state index is 5.33. The molecule has 1 saturated carbocycles. The van der Waals surface area contributed by atoms with Crippen LogP contribution < -0.4 is 5.32 Å². The van der Waals surface area contributed by atoms with Gasteiger partial charge in [-0.05, 0) is 31.6 Å². The van der Waals surface area contributed by atoms with Crippen molar-refractivity contribution in [1.29, 1.82) is 0 Å². The zero-order valence-corrected chi connectivity index (χ0v) is 11.8. The van der Waals surface area contributed by atoms with Crippen LogP contribution in [-0.2, 0) is 4.74 Å². The van der Waals surface area contributed by atoms with Crippen LogP contribution in [0.1, 0.15) is 33.6 Å². The monoisotopic (exact) mass is 240 g/mol. The maximum Gasteiger partial charge on any atom is 0.0615 e. The molecule has 0 aromatic heterocycles. The number of piperazine rings is 1. The number of nitrogens with one attached hydrogen (secondary N) is 1. The highest BCUT2D eigenvalue weighted by molar-refractivity contribution is 4.96. The number of methoxy groups -OCH3 is 1. The molecule has 1 saturated heterocycles. The van der Waals surface area contributed by atoms with Crippen molar-refractivity contribution in [3.05, 3.63) is 0 Å². The van der Waals surface area contributed by atoms with E-state index in [1.54, 1.807) is 7.11 Å². The summed E-state index contributed by atoms with van der Waals surface area (Å²) >= 11 is 0. The van der Waals surface area contributed by atoms with Crippen molar-refractivity contribution in [3.63, 3.8) is 0 Å². The SMILES string of the molecule is COCC(C)N1CC(C2CC2)NCC1C(C)C. The molecule has 1 N–H and O–H groups in total. The van der Waals surface area contributed by atoms with E-state index in [1.165, 1.54) is 19.4 Å². The quantitative estimate of drug-likeness (QED) is 0.792. The lowest BCUT2D eigenvalue weighted by Crippen LogP contribution is -2.61. The third-order valence-electron chi connectivity index (χ3n) is 4.36. The normalized spacial score (nSPS) is 33.0. The Morgan fingerprint density at radius 2 is 2.00 bits per heavy atom. The van der Waals surface area contributed by atoms with Gasteiger partial charge in [-0.3, -0.25) is 4.90 Å². The van der Waals surface area contributed by atoms with Gasteiger partial charge in [-0.15, -0.1) is 0 Å². The van der Waals surface area contributed by atoms with Crippen LogP contribution in [-0.4, -0.2) is 49.8 Å². The topological polar surface area (TPSA) is 24.5 Å². The van der Waals surface area contributed by atoms with Crippen LogP contribution in [0.2, 0.25) is 0 Å². The van der Waals surface area contributed by atoms with E-state index < -0.39 is 0 Å². The molecule has 1 aliphatic carbocycles. The smallest absolute Gasteiger partial charge is 0.0615 e. The van der Waals surface area contributed by atoms with Gasteiger partial charge in [0.15, 0.2) is 0 Å². The van der Waals surface area contributed by atoms with Crippen LogP contribution in [0.3, 0.4) is 0 Å². The number of nitrogens with zero attached hydrogens (tertiary/aromatic N) is 1. The van der Waals surface area contributed by atoms with Crippen LogP contribution in [0.15, 0.2) is 0 Å². The minimum absolute atomic E-state index is 0.538. The predicted octanol–water partition coefficient (Wildman–Crippen LogP) is 1.73. The van der Waals surface area contributed by atoms with Gasteiger partial charge < -0.3 is 10.1 Å². The standard InChI is InChI=1S/C14H28N2O/c1-10(2)14-7-15-13(12-5-6-12)8-16(14)11(3)9-17-4/h10-15H,5-9H2,1-4H3. The number of hydrogen-bond donors (Lipinski definition) is 1. The first-order valence-corrected chi connectivity index (χ1v) is 7.11. The van der Waals surface area contributed by atoms with E-state index in [0.717, 1.165) is 25.1 Å². The van der Waals surface area contributed by atoms with E-state index in [1.807, 2.05) is 0 Å². The Labute approximate surface area is 106 Å². The second-order valence-electron chi connectivity index (χ2n) is 6.16. The molecule has 1 aliphatic heterocycles. The number of rotatable bonds is 5. The second kappa shape index (κ2) is 5.68. The highest BCUT2D eigenvalue weighted by Crippen LogP contribution is 2.35. The fourth-order valence-corrected chi connectivity index (χ4v) is 3.09. The number of hydrogen-bond acceptors (Lipinski definition) is 3. The van der Waals surface area contributed by atoms with Crippen molar-refractivity contribution >= 4 is 0 Å². The average molecular weight is 240 g/mol. The fraction of sp³-hybridized carbons (Fsp3) is 1.00. The first-order chi connectivity index (χ1) is 8.13. The molecular weight excluding hydrogens is 212 g/mol. The van der Waals surface area contributed by atoms with Gasteiger partial charge in [-0.2, -0.15) is 0 Å². The lowest BCUT2D eigenvalue weighted by molar-refractivity contribution is 0.0211. The summed E-state index contributed by atoms with van der Waals surface area (Å²) in [6.45, 7) is 10.2. The first-order valence-electron chi connectivity index (χ1n) is 7.11. The van der Waals surface area contributed by atoms with E-state index in [0.29, 0.717) is 18.0 Å². The van der Waals surface area contributed by atoms with E-state index >= 15 is 0 Å². The summed E-state index contributed by atoms with van der Waals surface area (Å²) in [6.07, 6.45) is 2.85. The van der Waals surface area contributed by atoms with Gasteiger partial charge in [-0.25, -0.2) is 0 Å². The molecule has 2 aliphatic rings. The molecule has 100 valence electrons. The van der Waals surface area contributed by atoms with E-state index in [4.69, 9.17) is 4.74 Å². The van der Waals surface area contributed by atoms with E-state index in [2.05, 4.69) is 31.0 Å². The molecule has 0 amide bonds. The molecule has 2 fully saturated rings. The summed E-state index contributed by atoms with van der Waals surface area (Å²) in [5.41, 5.74) is 0. The van der Waals surface area contributed by atoms with E-state index in [-0.39, 0.29) is 0 Å². The van der Waals surface area contributed by atoms with Crippen molar-refractivity contribution in [2.24, 2.45) is 11.8 Å². The highest BCUT2D eigenvalue weighted by atomic mass is 16.5. The summed E-state index contributed by atoms with van der Waals surface area (Å²) in [6, 6.07) is 1.93. The molecule has 3 heteroatoms. The van der Waals surface area contributed by atoms with Crippen LogP contribution in [0, 0.1) is 11.8 Å². The summed E-state index contributed by atoms with van der Waals surface area (Å²) in [7, 11) is 1.81. The summed E-state index contributed by atoms with van der Waals surface area (Å²) in [4.78, 5) is 2.67. The predicted molar refractivity (Wildman–Crippen MR) is 71.2 cm³/mol. The van der Waals surface area contributed by atoms with Crippen LogP contribution in [0.25, 0.3) is 0 Å². The Morgan fingerprint density at radius 1 is 1.29 bits per heavy atom. The minimum atomic E-state index is 0.538. The van der Waals surface area contributed by atoms with Gasteiger partial charge in [-0.1, -0.05) is 13.8 Å². The molecule has 3 atom stereocenters. The van der Waals surface area contributed by atoms with Crippen LogP contribution >= 0.6 is 0 Å². The third kappa shape index (κ3) is 3.21. The van der Waals surface area contributed by atoms with Crippen molar-refractivity contribution in [1.82, 2.24) is 10.2 Å². The summed E-state index contributed by atoms with van der Waals surface area (Å²) in [5, 5.41) is 3.76. The van der Waals surface area contributed by atoms with Crippen molar-refractivity contribution in [2.45, 2.75) is 51.7 Å². The van der Waals surface area contributed by atoms with Gasteiger partial charge in [0.1, 0.15) is 0 Å². The Bertz CT molecular complexity index is 240. The second-order valence-corrected chi connectivity index (χ2v) is 6.16. The van der Waals surface area contributed by atoms with Gasteiger partial charge in [0.2, 0.25) is 0 Å². The Balaban J connectivity index is 1.98. The minimum Gasteiger partial charge on any atom is -0.383 e. The van der Waals surface area contributed by atoms with Crippen molar-refractivity contribution in [2.75, 3.05) is 26.8 Å². The maximum atomic E-state index is 5.33. The van der Waals surface area contributed by atoms with Crippen molar-refractivity contribution < 1.29 is 4.74 Å². The van der Waals surface area contributed by atoms with Gasteiger partial charge >= 0.3 is 0 Å². The molecule has 3 nitrogen and oxygen atoms in total. The zero-order valence-electron chi connectivity index (χ0n) is 11.8. The van der Waals surface area contributed by atoms with E-state index in [9.17, 15) is 0 Å². The molecule has 17 heavy (non-hydrogen) atoms. The molecule has 2 rings (SSSR count). The van der Waals surface area contributed by atoms with Crippen molar-refractivity contribution in [3.8, 4) is 0 Å². The van der Waals surface area contributed by atoms with Crippen LogP contribution in [0.4, 0.5) is 0 Å². The van der Waals surface area contributed by atoms with Crippen LogP contribution in [0.5, 0.6) is 0 Å². The lowest BCUT2D eigenvalue weighted by atomic mass is 9.95. The zero-order chi connectivity index (χ0) is 12.4. The highest BCUT2D eigenvalue weighted by Gasteiger charge is 2.39. The van der Waals surface area contributed by atoms with Gasteiger partial charge in [0.25, 0.3) is 0 Å². The van der Waals surface area contributed by atoms with Gasteiger partial charge in [0.05, 0.1) is 6.61 Å².